The summed E-state index contributed by atoms with van der Waals surface area (Å²) in [5.74, 6) is 3.33. The summed E-state index contributed by atoms with van der Waals surface area (Å²) in [6.07, 6.45) is 6.93. The molecule has 0 spiro atoms. The molecule has 1 aliphatic carbocycles. The smallest absolute Gasteiger partial charge is 0.126 e. The first-order chi connectivity index (χ1) is 11.7. The number of pyridine rings is 1. The van der Waals surface area contributed by atoms with Gasteiger partial charge in [0.2, 0.25) is 0 Å². The van der Waals surface area contributed by atoms with E-state index in [0.717, 1.165) is 36.4 Å². The summed E-state index contributed by atoms with van der Waals surface area (Å²) in [6.45, 7) is 5.31. The zero-order chi connectivity index (χ0) is 16.9. The average Bonchev–Trinajstić information content (AvgIpc) is 3.43. The van der Waals surface area contributed by atoms with Crippen molar-refractivity contribution < 1.29 is 4.74 Å². The molecular formula is C21H28N2O. The Kier molecular flexibility index (Phi) is 5.39. The van der Waals surface area contributed by atoms with Crippen molar-refractivity contribution in [2.45, 2.75) is 52.0 Å². The van der Waals surface area contributed by atoms with E-state index in [2.05, 4.69) is 54.5 Å². The minimum atomic E-state index is 0.733. The molecule has 0 bridgehead atoms. The molecule has 1 N–H and O–H groups in total. The number of hydrogen-bond donors (Lipinski definition) is 1. The molecule has 0 atom stereocenters. The van der Waals surface area contributed by atoms with Crippen molar-refractivity contribution in [1.29, 1.82) is 0 Å². The van der Waals surface area contributed by atoms with Crippen LogP contribution in [-0.2, 0) is 13.0 Å². The van der Waals surface area contributed by atoms with Crippen LogP contribution in [0.15, 0.2) is 36.5 Å². The van der Waals surface area contributed by atoms with E-state index in [1.807, 2.05) is 6.20 Å². The molecule has 128 valence electrons. The Labute approximate surface area is 145 Å². The molecule has 1 saturated carbocycles. The number of ether oxygens (including phenoxy) is 1. The first kappa shape index (κ1) is 16.8. The van der Waals surface area contributed by atoms with E-state index >= 15 is 0 Å². The van der Waals surface area contributed by atoms with Gasteiger partial charge in [-0.2, -0.15) is 0 Å². The molecule has 1 heterocycles. The van der Waals surface area contributed by atoms with E-state index in [0.29, 0.717) is 0 Å². The number of hydrogen-bond acceptors (Lipinski definition) is 3. The first-order valence-electron chi connectivity index (χ1n) is 9.01. The van der Waals surface area contributed by atoms with Crippen LogP contribution in [0.3, 0.4) is 0 Å². The summed E-state index contributed by atoms with van der Waals surface area (Å²) < 4.78 is 5.38. The van der Waals surface area contributed by atoms with Crippen LogP contribution < -0.4 is 10.1 Å². The molecule has 0 aliphatic heterocycles. The van der Waals surface area contributed by atoms with Crippen LogP contribution in [0.4, 0.5) is 5.82 Å². The summed E-state index contributed by atoms with van der Waals surface area (Å²) in [4.78, 5) is 4.56. The first-order valence-corrected chi connectivity index (χ1v) is 9.01. The molecule has 0 saturated heterocycles. The van der Waals surface area contributed by atoms with E-state index in [1.165, 1.54) is 36.0 Å². The van der Waals surface area contributed by atoms with Crippen LogP contribution in [0.5, 0.6) is 5.75 Å². The fraction of sp³-hybridized carbons (Fsp3) is 0.476. The van der Waals surface area contributed by atoms with E-state index in [4.69, 9.17) is 4.74 Å². The lowest BCUT2D eigenvalue weighted by molar-refractivity contribution is 0.414. The van der Waals surface area contributed by atoms with Gasteiger partial charge in [0.1, 0.15) is 11.6 Å². The largest absolute Gasteiger partial charge is 0.497 e. The number of rotatable bonds is 8. The topological polar surface area (TPSA) is 34.1 Å². The lowest BCUT2D eigenvalue weighted by Gasteiger charge is -2.13. The number of nitrogens with one attached hydrogen (secondary N) is 1. The van der Waals surface area contributed by atoms with Crippen LogP contribution in [0, 0.1) is 5.92 Å². The molecule has 3 nitrogen and oxygen atoms in total. The number of methoxy groups -OCH3 is 1. The lowest BCUT2D eigenvalue weighted by Crippen LogP contribution is -2.05. The number of aryl methyl sites for hydroxylation is 1. The molecule has 2 aromatic rings. The van der Waals surface area contributed by atoms with Gasteiger partial charge < -0.3 is 10.1 Å². The minimum Gasteiger partial charge on any atom is -0.497 e. The molecule has 0 radical (unpaired) electrons. The highest BCUT2D eigenvalue weighted by Gasteiger charge is 2.26. The molecule has 0 amide bonds. The number of aromatic nitrogens is 1. The Balaban J connectivity index is 1.63. The normalized spacial score (nSPS) is 14.0. The lowest BCUT2D eigenvalue weighted by atomic mass is 10.0. The Morgan fingerprint density at radius 2 is 2.04 bits per heavy atom. The van der Waals surface area contributed by atoms with Gasteiger partial charge in [-0.15, -0.1) is 0 Å². The average molecular weight is 324 g/mol. The maximum Gasteiger partial charge on any atom is 0.126 e. The minimum absolute atomic E-state index is 0.733. The fourth-order valence-electron chi connectivity index (χ4n) is 2.97. The van der Waals surface area contributed by atoms with Gasteiger partial charge in [0.25, 0.3) is 0 Å². The van der Waals surface area contributed by atoms with Crippen molar-refractivity contribution in [2.75, 3.05) is 12.4 Å². The molecule has 1 aliphatic rings. The monoisotopic (exact) mass is 324 g/mol. The standard InChI is InChI=1S/C21H28N2O/c1-15(2)4-5-16-6-11-21(22-13-16)23-14-18-12-19(24-3)9-10-20(18)17-7-8-17/h6,9-13,15,17H,4-5,7-8,14H2,1-3H3,(H,22,23). The number of nitrogens with zero attached hydrogens (tertiary/aromatic N) is 1. The van der Waals surface area contributed by atoms with Gasteiger partial charge in [0.05, 0.1) is 7.11 Å². The molecule has 3 rings (SSSR count). The van der Waals surface area contributed by atoms with Gasteiger partial charge in [-0.05, 0) is 72.4 Å². The Morgan fingerprint density at radius 1 is 1.21 bits per heavy atom. The van der Waals surface area contributed by atoms with Crippen molar-refractivity contribution in [3.8, 4) is 5.75 Å². The molecule has 24 heavy (non-hydrogen) atoms. The maximum absolute atomic E-state index is 5.38. The highest BCUT2D eigenvalue weighted by atomic mass is 16.5. The van der Waals surface area contributed by atoms with Crippen molar-refractivity contribution in [1.82, 2.24) is 4.98 Å². The Bertz CT molecular complexity index is 660. The summed E-state index contributed by atoms with van der Waals surface area (Å²) in [5, 5.41) is 3.46. The fourth-order valence-corrected chi connectivity index (χ4v) is 2.97. The highest BCUT2D eigenvalue weighted by molar-refractivity contribution is 5.43. The van der Waals surface area contributed by atoms with Crippen LogP contribution in [0.25, 0.3) is 0 Å². The van der Waals surface area contributed by atoms with E-state index in [1.54, 1.807) is 7.11 Å². The van der Waals surface area contributed by atoms with Crippen molar-refractivity contribution in [3.63, 3.8) is 0 Å². The molecule has 1 fully saturated rings. The van der Waals surface area contributed by atoms with Crippen LogP contribution in [0.2, 0.25) is 0 Å². The summed E-state index contributed by atoms with van der Waals surface area (Å²) >= 11 is 0. The van der Waals surface area contributed by atoms with Gasteiger partial charge >= 0.3 is 0 Å². The summed E-state index contributed by atoms with van der Waals surface area (Å²) in [7, 11) is 1.72. The highest BCUT2D eigenvalue weighted by Crippen LogP contribution is 2.42. The quantitative estimate of drug-likeness (QED) is 0.727. The van der Waals surface area contributed by atoms with Gasteiger partial charge in [-0.25, -0.2) is 4.98 Å². The molecule has 3 heteroatoms. The predicted octanol–water partition coefficient (Wildman–Crippen LogP) is 5.17. The van der Waals surface area contributed by atoms with Gasteiger partial charge in [0, 0.05) is 12.7 Å². The van der Waals surface area contributed by atoms with Crippen molar-refractivity contribution in [2.24, 2.45) is 5.92 Å². The second kappa shape index (κ2) is 7.69. The zero-order valence-electron chi connectivity index (χ0n) is 15.0. The van der Waals surface area contributed by atoms with Gasteiger partial charge in [-0.1, -0.05) is 26.0 Å². The second-order valence-corrected chi connectivity index (χ2v) is 7.18. The third-order valence-corrected chi connectivity index (χ3v) is 4.66. The number of anilines is 1. The van der Waals surface area contributed by atoms with E-state index in [9.17, 15) is 0 Å². The molecule has 1 aromatic heterocycles. The zero-order valence-corrected chi connectivity index (χ0v) is 15.0. The number of benzene rings is 1. The predicted molar refractivity (Wildman–Crippen MR) is 99.7 cm³/mol. The van der Waals surface area contributed by atoms with Crippen LogP contribution >= 0.6 is 0 Å². The third kappa shape index (κ3) is 4.50. The molecule has 1 aromatic carbocycles. The van der Waals surface area contributed by atoms with Crippen LogP contribution in [0.1, 0.15) is 55.7 Å². The summed E-state index contributed by atoms with van der Waals surface area (Å²) in [5.41, 5.74) is 4.09. The molecular weight excluding hydrogens is 296 g/mol. The molecule has 0 unspecified atom stereocenters. The third-order valence-electron chi connectivity index (χ3n) is 4.66. The van der Waals surface area contributed by atoms with E-state index in [-0.39, 0.29) is 0 Å². The van der Waals surface area contributed by atoms with E-state index < -0.39 is 0 Å². The maximum atomic E-state index is 5.38. The van der Waals surface area contributed by atoms with Crippen LogP contribution in [-0.4, -0.2) is 12.1 Å². The van der Waals surface area contributed by atoms with Gasteiger partial charge in [0.15, 0.2) is 0 Å². The Morgan fingerprint density at radius 3 is 2.67 bits per heavy atom. The summed E-state index contributed by atoms with van der Waals surface area (Å²) in [6, 6.07) is 10.7. The van der Waals surface area contributed by atoms with Crippen molar-refractivity contribution in [3.05, 3.63) is 53.2 Å². The SMILES string of the molecule is COc1ccc(C2CC2)c(CNc2ccc(CCC(C)C)cn2)c1. The van der Waals surface area contributed by atoms with Gasteiger partial charge in [-0.3, -0.25) is 0 Å². The second-order valence-electron chi connectivity index (χ2n) is 7.18. The Hall–Kier alpha value is -2.03. The van der Waals surface area contributed by atoms with Crippen molar-refractivity contribution >= 4 is 5.82 Å².